The van der Waals surface area contributed by atoms with E-state index in [1.54, 1.807) is 42.5 Å². The minimum absolute atomic E-state index is 0.00580. The average molecular weight is 360 g/mol. The van der Waals surface area contributed by atoms with Gasteiger partial charge in [0.25, 0.3) is 17.7 Å². The Hall–Kier alpha value is -3.67. The second-order valence-corrected chi connectivity index (χ2v) is 6.48. The van der Waals surface area contributed by atoms with Gasteiger partial charge in [0.15, 0.2) is 0 Å². The van der Waals surface area contributed by atoms with E-state index >= 15 is 0 Å². The van der Waals surface area contributed by atoms with Crippen molar-refractivity contribution in [1.29, 1.82) is 0 Å². The predicted molar refractivity (Wildman–Crippen MR) is 99.4 cm³/mol. The van der Waals surface area contributed by atoms with E-state index in [0.29, 0.717) is 16.3 Å². The van der Waals surface area contributed by atoms with Crippen LogP contribution in [0.3, 0.4) is 0 Å². The molecule has 27 heavy (non-hydrogen) atoms. The zero-order chi connectivity index (χ0) is 19.3. The van der Waals surface area contributed by atoms with Crippen molar-refractivity contribution in [2.45, 2.75) is 6.92 Å². The van der Waals surface area contributed by atoms with Crippen LogP contribution >= 0.6 is 0 Å². The van der Waals surface area contributed by atoms with Crippen LogP contribution in [0.2, 0.25) is 0 Å². The van der Waals surface area contributed by atoms with Gasteiger partial charge in [-0.15, -0.1) is 0 Å². The third kappa shape index (κ3) is 2.45. The van der Waals surface area contributed by atoms with Gasteiger partial charge in [-0.25, -0.2) is 5.01 Å². The van der Waals surface area contributed by atoms with Gasteiger partial charge >= 0.3 is 0 Å². The van der Waals surface area contributed by atoms with E-state index in [9.17, 15) is 19.5 Å². The maximum atomic E-state index is 13.0. The Kier molecular flexibility index (Phi) is 3.70. The van der Waals surface area contributed by atoms with Crippen molar-refractivity contribution >= 4 is 28.5 Å². The van der Waals surface area contributed by atoms with Crippen LogP contribution < -0.4 is 0 Å². The molecule has 1 heterocycles. The van der Waals surface area contributed by atoms with Gasteiger partial charge < -0.3 is 5.11 Å². The van der Waals surface area contributed by atoms with E-state index in [-0.39, 0.29) is 16.9 Å². The molecule has 134 valence electrons. The van der Waals surface area contributed by atoms with Gasteiger partial charge in [-0.05, 0) is 37.3 Å². The van der Waals surface area contributed by atoms with E-state index in [4.69, 9.17) is 0 Å². The standard InChI is InChI=1S/C21H16N2O4/c1-12-6-8-13(9-7-12)19(25)22(2)23-20(26)15-5-3-4-14-17(24)11-10-16(18(14)15)21(23)27/h3-11,24H,1-2H3. The highest BCUT2D eigenvalue weighted by atomic mass is 16.3. The summed E-state index contributed by atoms with van der Waals surface area (Å²) < 4.78 is 0. The summed E-state index contributed by atoms with van der Waals surface area (Å²) in [6.07, 6.45) is 0. The average Bonchev–Trinajstić information content (AvgIpc) is 2.67. The zero-order valence-electron chi connectivity index (χ0n) is 14.8. The van der Waals surface area contributed by atoms with Crippen molar-refractivity contribution in [3.8, 4) is 5.75 Å². The number of phenols is 1. The second kappa shape index (κ2) is 5.95. The maximum absolute atomic E-state index is 13.0. The molecule has 0 saturated carbocycles. The highest BCUT2D eigenvalue weighted by molar-refractivity contribution is 6.26. The first-order valence-electron chi connectivity index (χ1n) is 8.38. The first-order valence-corrected chi connectivity index (χ1v) is 8.38. The number of hydrogen-bond donors (Lipinski definition) is 1. The highest BCUT2D eigenvalue weighted by Gasteiger charge is 2.37. The van der Waals surface area contributed by atoms with E-state index in [1.807, 2.05) is 6.92 Å². The molecule has 0 radical (unpaired) electrons. The fraction of sp³-hybridized carbons (Fsp3) is 0.0952. The van der Waals surface area contributed by atoms with Crippen molar-refractivity contribution in [2.24, 2.45) is 0 Å². The minimum Gasteiger partial charge on any atom is -0.507 e. The molecular formula is C21H16N2O4. The van der Waals surface area contributed by atoms with Gasteiger partial charge in [0.2, 0.25) is 0 Å². The molecule has 0 unspecified atom stereocenters. The summed E-state index contributed by atoms with van der Waals surface area (Å²) in [6, 6.07) is 14.6. The first kappa shape index (κ1) is 16.8. The number of hydrogen-bond acceptors (Lipinski definition) is 4. The quantitative estimate of drug-likeness (QED) is 0.712. The molecule has 1 N–H and O–H groups in total. The van der Waals surface area contributed by atoms with Crippen LogP contribution in [0.15, 0.2) is 54.6 Å². The van der Waals surface area contributed by atoms with Crippen LogP contribution in [0.25, 0.3) is 10.8 Å². The van der Waals surface area contributed by atoms with Crippen LogP contribution in [0.5, 0.6) is 5.75 Å². The summed E-state index contributed by atoms with van der Waals surface area (Å²) in [6.45, 7) is 1.91. The van der Waals surface area contributed by atoms with Gasteiger partial charge in [0.05, 0.1) is 11.1 Å². The molecule has 6 heteroatoms. The molecule has 0 aromatic heterocycles. The van der Waals surface area contributed by atoms with Crippen LogP contribution in [-0.4, -0.2) is 39.9 Å². The van der Waals surface area contributed by atoms with Gasteiger partial charge in [-0.2, -0.15) is 5.01 Å². The number of imide groups is 1. The van der Waals surface area contributed by atoms with Crippen LogP contribution in [0.1, 0.15) is 36.6 Å². The predicted octanol–water partition coefficient (Wildman–Crippen LogP) is 3.14. The number of hydrazine groups is 1. The van der Waals surface area contributed by atoms with E-state index in [2.05, 4.69) is 0 Å². The molecule has 1 aliphatic rings. The lowest BCUT2D eigenvalue weighted by molar-refractivity contribution is 0.00893. The normalized spacial score (nSPS) is 13.2. The lowest BCUT2D eigenvalue weighted by Crippen LogP contribution is -2.52. The largest absolute Gasteiger partial charge is 0.507 e. The molecule has 3 aromatic carbocycles. The summed E-state index contributed by atoms with van der Waals surface area (Å²) in [5, 5.41) is 12.8. The topological polar surface area (TPSA) is 77.9 Å². The Morgan fingerprint density at radius 3 is 2.22 bits per heavy atom. The van der Waals surface area contributed by atoms with Crippen LogP contribution in [0, 0.1) is 6.92 Å². The van der Waals surface area contributed by atoms with Crippen molar-refractivity contribution in [3.63, 3.8) is 0 Å². The number of carbonyl (C=O) groups excluding carboxylic acids is 3. The van der Waals surface area contributed by atoms with Crippen LogP contribution in [-0.2, 0) is 0 Å². The minimum atomic E-state index is -0.605. The van der Waals surface area contributed by atoms with Gasteiger partial charge in [-0.3, -0.25) is 14.4 Å². The number of carbonyl (C=O) groups is 3. The van der Waals surface area contributed by atoms with Crippen molar-refractivity contribution in [1.82, 2.24) is 10.0 Å². The molecule has 6 nitrogen and oxygen atoms in total. The third-order valence-corrected chi connectivity index (χ3v) is 4.76. The Balaban J connectivity index is 1.80. The molecule has 1 aliphatic heterocycles. The summed E-state index contributed by atoms with van der Waals surface area (Å²) in [7, 11) is 1.39. The van der Waals surface area contributed by atoms with E-state index in [0.717, 1.165) is 15.6 Å². The van der Waals surface area contributed by atoms with E-state index in [1.165, 1.54) is 19.2 Å². The molecule has 0 bridgehead atoms. The Morgan fingerprint density at radius 2 is 1.56 bits per heavy atom. The highest BCUT2D eigenvalue weighted by Crippen LogP contribution is 2.35. The number of nitrogens with zero attached hydrogens (tertiary/aromatic N) is 2. The SMILES string of the molecule is Cc1ccc(C(=O)N(C)N2C(=O)c3cccc4c(O)ccc(c34)C2=O)cc1. The molecular weight excluding hydrogens is 344 g/mol. The smallest absolute Gasteiger partial charge is 0.280 e. The number of rotatable bonds is 2. The lowest BCUT2D eigenvalue weighted by atomic mass is 9.94. The van der Waals surface area contributed by atoms with Crippen LogP contribution in [0.4, 0.5) is 0 Å². The molecule has 4 rings (SSSR count). The monoisotopic (exact) mass is 360 g/mol. The van der Waals surface area contributed by atoms with Gasteiger partial charge in [0, 0.05) is 23.4 Å². The summed E-state index contributed by atoms with van der Waals surface area (Å²) in [5.74, 6) is -1.68. The molecule has 3 amide bonds. The molecule has 0 spiro atoms. The molecule has 0 aliphatic carbocycles. The molecule has 0 fully saturated rings. The second-order valence-electron chi connectivity index (χ2n) is 6.48. The lowest BCUT2D eigenvalue weighted by Gasteiger charge is -2.33. The first-order chi connectivity index (χ1) is 12.9. The fourth-order valence-corrected chi connectivity index (χ4v) is 3.31. The number of aromatic hydroxyl groups is 1. The molecule has 0 saturated heterocycles. The maximum Gasteiger partial charge on any atom is 0.280 e. The van der Waals surface area contributed by atoms with Gasteiger partial charge in [-0.1, -0.05) is 29.8 Å². The number of phenolic OH excluding ortho intramolecular Hbond substituents is 1. The molecule has 3 aromatic rings. The van der Waals surface area contributed by atoms with Crippen molar-refractivity contribution < 1.29 is 19.5 Å². The number of amides is 3. The summed E-state index contributed by atoms with van der Waals surface area (Å²) in [4.78, 5) is 38.8. The summed E-state index contributed by atoms with van der Waals surface area (Å²) in [5.41, 5.74) is 1.90. The zero-order valence-corrected chi connectivity index (χ0v) is 14.8. The van der Waals surface area contributed by atoms with Gasteiger partial charge in [0.1, 0.15) is 5.75 Å². The Labute approximate surface area is 155 Å². The summed E-state index contributed by atoms with van der Waals surface area (Å²) >= 11 is 0. The molecule has 0 atom stereocenters. The van der Waals surface area contributed by atoms with Crippen molar-refractivity contribution in [3.05, 3.63) is 76.9 Å². The fourth-order valence-electron chi connectivity index (χ4n) is 3.31. The van der Waals surface area contributed by atoms with Crippen molar-refractivity contribution in [2.75, 3.05) is 7.05 Å². The van der Waals surface area contributed by atoms with E-state index < -0.39 is 17.7 Å². The number of aryl methyl sites for hydroxylation is 1. The number of benzene rings is 3. The Bertz CT molecular complexity index is 1100. The Morgan fingerprint density at radius 1 is 0.926 bits per heavy atom. The third-order valence-electron chi connectivity index (χ3n) is 4.76.